The van der Waals surface area contributed by atoms with Crippen molar-refractivity contribution in [1.29, 1.82) is 0 Å². The third-order valence-corrected chi connectivity index (χ3v) is 3.25. The lowest BCUT2D eigenvalue weighted by atomic mass is 10.1. The van der Waals surface area contributed by atoms with Gasteiger partial charge in [0.2, 0.25) is 0 Å². The number of hydrogen-bond acceptors (Lipinski definition) is 3. The molecule has 1 fully saturated rings. The molecule has 3 nitrogen and oxygen atoms in total. The Kier molecular flexibility index (Phi) is 4.76. The maximum absolute atomic E-state index is 11.0. The zero-order chi connectivity index (χ0) is 12.8. The van der Waals surface area contributed by atoms with Crippen LogP contribution in [0.2, 0.25) is 0 Å². The van der Waals surface area contributed by atoms with Gasteiger partial charge in [-0.25, -0.2) is 0 Å². The summed E-state index contributed by atoms with van der Waals surface area (Å²) in [6, 6.07) is 7.82. The van der Waals surface area contributed by atoms with Crippen molar-refractivity contribution in [2.45, 2.75) is 26.2 Å². The van der Waals surface area contributed by atoms with Crippen molar-refractivity contribution in [3.63, 3.8) is 0 Å². The van der Waals surface area contributed by atoms with E-state index in [0.717, 1.165) is 24.5 Å². The summed E-state index contributed by atoms with van der Waals surface area (Å²) in [5, 5.41) is 0. The number of ether oxygens (including phenoxy) is 1. The second-order valence-corrected chi connectivity index (χ2v) is 4.92. The molecular formula is C15H21NO2. The van der Waals surface area contributed by atoms with Gasteiger partial charge in [-0.05, 0) is 50.6 Å². The number of hydrogen-bond donors (Lipinski definition) is 0. The van der Waals surface area contributed by atoms with Crippen molar-refractivity contribution in [2.75, 3.05) is 26.2 Å². The molecule has 1 aromatic rings. The van der Waals surface area contributed by atoms with E-state index in [1.807, 2.05) is 24.3 Å². The Morgan fingerprint density at radius 3 is 2.50 bits per heavy atom. The topological polar surface area (TPSA) is 29.5 Å². The predicted molar refractivity (Wildman–Crippen MR) is 72.0 cm³/mol. The highest BCUT2D eigenvalue weighted by molar-refractivity contribution is 5.78. The van der Waals surface area contributed by atoms with Gasteiger partial charge >= 0.3 is 0 Å². The first-order valence-electron chi connectivity index (χ1n) is 6.67. The first-order valence-corrected chi connectivity index (χ1v) is 6.67. The van der Waals surface area contributed by atoms with Gasteiger partial charge in [-0.15, -0.1) is 0 Å². The Hall–Kier alpha value is -1.35. The van der Waals surface area contributed by atoms with Crippen molar-refractivity contribution >= 4 is 5.78 Å². The lowest BCUT2D eigenvalue weighted by Gasteiger charge is -2.14. The molecule has 0 amide bonds. The van der Waals surface area contributed by atoms with Gasteiger partial charge < -0.3 is 4.74 Å². The molecule has 1 aliphatic heterocycles. The average Bonchev–Trinajstić information content (AvgIpc) is 2.84. The van der Waals surface area contributed by atoms with Gasteiger partial charge in [0.1, 0.15) is 18.1 Å². The average molecular weight is 247 g/mol. The molecule has 0 saturated carbocycles. The van der Waals surface area contributed by atoms with E-state index in [9.17, 15) is 4.79 Å². The molecule has 2 rings (SSSR count). The molecule has 1 saturated heterocycles. The molecule has 1 heterocycles. The molecule has 0 spiro atoms. The number of rotatable bonds is 6. The maximum Gasteiger partial charge on any atom is 0.134 e. The maximum atomic E-state index is 11.0. The Balaban J connectivity index is 1.73. The number of likely N-dealkylation sites (tertiary alicyclic amines) is 1. The highest BCUT2D eigenvalue weighted by Gasteiger charge is 2.10. The Morgan fingerprint density at radius 1 is 1.22 bits per heavy atom. The molecule has 0 aromatic heterocycles. The summed E-state index contributed by atoms with van der Waals surface area (Å²) in [6.07, 6.45) is 3.15. The van der Waals surface area contributed by atoms with E-state index in [2.05, 4.69) is 4.90 Å². The smallest absolute Gasteiger partial charge is 0.134 e. The second kappa shape index (κ2) is 6.55. The van der Waals surface area contributed by atoms with Crippen molar-refractivity contribution in [3.8, 4) is 5.75 Å². The van der Waals surface area contributed by atoms with E-state index in [4.69, 9.17) is 4.74 Å². The fraction of sp³-hybridized carbons (Fsp3) is 0.533. The SMILES string of the molecule is CC(=O)Cc1ccc(OCCN2CCCC2)cc1. The van der Waals surface area contributed by atoms with Crippen molar-refractivity contribution in [3.05, 3.63) is 29.8 Å². The Bertz CT molecular complexity index is 380. The molecule has 18 heavy (non-hydrogen) atoms. The summed E-state index contributed by atoms with van der Waals surface area (Å²) in [5.74, 6) is 1.08. The van der Waals surface area contributed by atoms with E-state index >= 15 is 0 Å². The third kappa shape index (κ3) is 4.15. The minimum absolute atomic E-state index is 0.192. The second-order valence-electron chi connectivity index (χ2n) is 4.92. The van der Waals surface area contributed by atoms with Crippen molar-refractivity contribution in [1.82, 2.24) is 4.90 Å². The number of carbonyl (C=O) groups is 1. The van der Waals surface area contributed by atoms with E-state index in [1.165, 1.54) is 25.9 Å². The van der Waals surface area contributed by atoms with E-state index < -0.39 is 0 Å². The number of carbonyl (C=O) groups excluding carboxylic acids is 1. The van der Waals surface area contributed by atoms with Crippen LogP contribution in [-0.2, 0) is 11.2 Å². The number of benzene rings is 1. The van der Waals surface area contributed by atoms with E-state index in [1.54, 1.807) is 6.92 Å². The molecule has 1 aromatic carbocycles. The molecule has 0 N–H and O–H groups in total. The highest BCUT2D eigenvalue weighted by Crippen LogP contribution is 2.13. The summed E-state index contributed by atoms with van der Waals surface area (Å²) in [4.78, 5) is 13.4. The van der Waals surface area contributed by atoms with Crippen molar-refractivity contribution in [2.24, 2.45) is 0 Å². The summed E-state index contributed by atoms with van der Waals surface area (Å²) in [6.45, 7) is 5.78. The van der Waals surface area contributed by atoms with Gasteiger partial charge in [0.25, 0.3) is 0 Å². The molecule has 98 valence electrons. The van der Waals surface area contributed by atoms with Gasteiger partial charge in [-0.1, -0.05) is 12.1 Å². The fourth-order valence-corrected chi connectivity index (χ4v) is 2.29. The van der Waals surface area contributed by atoms with Crippen LogP contribution in [0.1, 0.15) is 25.3 Å². The van der Waals surface area contributed by atoms with Gasteiger partial charge in [0.15, 0.2) is 0 Å². The summed E-state index contributed by atoms with van der Waals surface area (Å²) in [5.41, 5.74) is 1.05. The predicted octanol–water partition coefficient (Wildman–Crippen LogP) is 2.29. The van der Waals surface area contributed by atoms with Crippen LogP contribution in [0.15, 0.2) is 24.3 Å². The van der Waals surface area contributed by atoms with Crippen LogP contribution in [-0.4, -0.2) is 36.9 Å². The molecule has 0 aliphatic carbocycles. The summed E-state index contributed by atoms with van der Waals surface area (Å²) >= 11 is 0. The lowest BCUT2D eigenvalue weighted by molar-refractivity contribution is -0.116. The minimum atomic E-state index is 0.192. The highest BCUT2D eigenvalue weighted by atomic mass is 16.5. The van der Waals surface area contributed by atoms with Crippen LogP contribution in [0.3, 0.4) is 0 Å². The standard InChI is InChI=1S/C15H21NO2/c1-13(17)12-14-4-6-15(7-5-14)18-11-10-16-8-2-3-9-16/h4-7H,2-3,8-12H2,1H3. The van der Waals surface area contributed by atoms with Crippen LogP contribution in [0.25, 0.3) is 0 Å². The minimum Gasteiger partial charge on any atom is -0.492 e. The quantitative estimate of drug-likeness (QED) is 0.772. The first-order chi connectivity index (χ1) is 8.74. The molecule has 0 radical (unpaired) electrons. The number of Topliss-reactive ketones (excluding diaryl/α,β-unsaturated/α-hetero) is 1. The number of ketones is 1. The largest absolute Gasteiger partial charge is 0.492 e. The van der Waals surface area contributed by atoms with Gasteiger partial charge in [0.05, 0.1) is 0 Å². The van der Waals surface area contributed by atoms with Crippen LogP contribution < -0.4 is 4.74 Å². The molecule has 3 heteroatoms. The monoisotopic (exact) mass is 247 g/mol. The first kappa shape index (κ1) is 13.1. The van der Waals surface area contributed by atoms with Gasteiger partial charge in [0, 0.05) is 13.0 Å². The van der Waals surface area contributed by atoms with Crippen molar-refractivity contribution < 1.29 is 9.53 Å². The molecule has 0 atom stereocenters. The van der Waals surface area contributed by atoms with Crippen LogP contribution >= 0.6 is 0 Å². The fourth-order valence-electron chi connectivity index (χ4n) is 2.29. The lowest BCUT2D eigenvalue weighted by Crippen LogP contribution is -2.25. The van der Waals surface area contributed by atoms with E-state index in [0.29, 0.717) is 6.42 Å². The zero-order valence-corrected chi connectivity index (χ0v) is 11.0. The normalized spacial score (nSPS) is 15.8. The molecule has 1 aliphatic rings. The zero-order valence-electron chi connectivity index (χ0n) is 11.0. The third-order valence-electron chi connectivity index (χ3n) is 3.25. The van der Waals surface area contributed by atoms with Crippen LogP contribution in [0.4, 0.5) is 0 Å². The molecule has 0 unspecified atom stereocenters. The Morgan fingerprint density at radius 2 is 1.89 bits per heavy atom. The molecular weight excluding hydrogens is 226 g/mol. The summed E-state index contributed by atoms with van der Waals surface area (Å²) < 4.78 is 5.70. The van der Waals surface area contributed by atoms with Gasteiger partial charge in [-0.3, -0.25) is 9.69 Å². The number of nitrogens with zero attached hydrogens (tertiary/aromatic N) is 1. The van der Waals surface area contributed by atoms with Gasteiger partial charge in [-0.2, -0.15) is 0 Å². The van der Waals surface area contributed by atoms with Crippen LogP contribution in [0, 0.1) is 0 Å². The van der Waals surface area contributed by atoms with Crippen LogP contribution in [0.5, 0.6) is 5.75 Å². The molecule has 0 bridgehead atoms. The summed E-state index contributed by atoms with van der Waals surface area (Å²) in [7, 11) is 0. The van der Waals surface area contributed by atoms with E-state index in [-0.39, 0.29) is 5.78 Å². The Labute approximate surface area is 109 Å².